The summed E-state index contributed by atoms with van der Waals surface area (Å²) in [5.74, 6) is 1.39. The SMILES string of the molecule is CC(C)(C)n1c(-c2ccc(Cl)o2)nc2cccnc21. The average Bonchev–Trinajstić information content (AvgIpc) is 2.90. The van der Waals surface area contributed by atoms with Gasteiger partial charge in [0.15, 0.2) is 22.5 Å². The highest BCUT2D eigenvalue weighted by Crippen LogP contribution is 2.31. The van der Waals surface area contributed by atoms with Crippen molar-refractivity contribution in [3.8, 4) is 11.6 Å². The molecule has 3 aromatic rings. The molecule has 0 bridgehead atoms. The van der Waals surface area contributed by atoms with Gasteiger partial charge in [0, 0.05) is 11.7 Å². The van der Waals surface area contributed by atoms with Gasteiger partial charge in [-0.2, -0.15) is 0 Å². The van der Waals surface area contributed by atoms with Crippen LogP contribution in [0.15, 0.2) is 34.9 Å². The lowest BCUT2D eigenvalue weighted by molar-refractivity contribution is 0.406. The highest BCUT2D eigenvalue weighted by molar-refractivity contribution is 6.28. The number of hydrogen-bond acceptors (Lipinski definition) is 3. The molecule has 3 aromatic heterocycles. The van der Waals surface area contributed by atoms with Crippen LogP contribution in [0.25, 0.3) is 22.7 Å². The van der Waals surface area contributed by atoms with E-state index in [-0.39, 0.29) is 5.54 Å². The van der Waals surface area contributed by atoms with Crippen molar-refractivity contribution in [1.82, 2.24) is 14.5 Å². The first-order valence-electron chi connectivity index (χ1n) is 6.06. The van der Waals surface area contributed by atoms with E-state index in [1.807, 2.05) is 18.2 Å². The van der Waals surface area contributed by atoms with Crippen molar-refractivity contribution in [2.45, 2.75) is 26.3 Å². The van der Waals surface area contributed by atoms with E-state index in [4.69, 9.17) is 16.0 Å². The van der Waals surface area contributed by atoms with E-state index in [1.54, 1.807) is 12.3 Å². The van der Waals surface area contributed by atoms with Crippen LogP contribution in [-0.2, 0) is 5.54 Å². The van der Waals surface area contributed by atoms with E-state index in [0.29, 0.717) is 11.0 Å². The molecular weight excluding hydrogens is 262 g/mol. The van der Waals surface area contributed by atoms with E-state index in [2.05, 4.69) is 35.3 Å². The first-order valence-corrected chi connectivity index (χ1v) is 6.44. The van der Waals surface area contributed by atoms with Gasteiger partial charge in [0.2, 0.25) is 0 Å². The second-order valence-corrected chi connectivity index (χ2v) is 5.76. The van der Waals surface area contributed by atoms with Crippen molar-refractivity contribution in [1.29, 1.82) is 0 Å². The smallest absolute Gasteiger partial charge is 0.194 e. The van der Waals surface area contributed by atoms with E-state index >= 15 is 0 Å². The molecule has 0 saturated carbocycles. The molecule has 0 N–H and O–H groups in total. The maximum Gasteiger partial charge on any atom is 0.194 e. The molecule has 0 saturated heterocycles. The summed E-state index contributed by atoms with van der Waals surface area (Å²) in [4.78, 5) is 9.04. The number of halogens is 1. The molecule has 5 heteroatoms. The highest BCUT2D eigenvalue weighted by Gasteiger charge is 2.24. The predicted octanol–water partition coefficient (Wildman–Crippen LogP) is 4.10. The van der Waals surface area contributed by atoms with Gasteiger partial charge < -0.3 is 8.98 Å². The van der Waals surface area contributed by atoms with Crippen LogP contribution in [-0.4, -0.2) is 14.5 Å². The van der Waals surface area contributed by atoms with E-state index in [9.17, 15) is 0 Å². The minimum absolute atomic E-state index is 0.155. The standard InChI is InChI=1S/C14H14ClN3O/c1-14(2,3)18-12-9(5-4-8-16-12)17-13(18)10-6-7-11(15)19-10/h4-8H,1-3H3. The van der Waals surface area contributed by atoms with Crippen molar-refractivity contribution >= 4 is 22.8 Å². The van der Waals surface area contributed by atoms with Gasteiger partial charge in [0.05, 0.1) is 0 Å². The summed E-state index contributed by atoms with van der Waals surface area (Å²) < 4.78 is 7.56. The number of nitrogens with zero attached hydrogens (tertiary/aromatic N) is 3. The monoisotopic (exact) mass is 275 g/mol. The molecule has 0 aliphatic rings. The van der Waals surface area contributed by atoms with Crippen LogP contribution in [0.2, 0.25) is 5.22 Å². The van der Waals surface area contributed by atoms with Crippen molar-refractivity contribution in [2.75, 3.05) is 0 Å². The third-order valence-corrected chi connectivity index (χ3v) is 3.08. The fourth-order valence-corrected chi connectivity index (χ4v) is 2.29. The average molecular weight is 276 g/mol. The second kappa shape index (κ2) is 4.10. The maximum absolute atomic E-state index is 5.86. The van der Waals surface area contributed by atoms with Crippen molar-refractivity contribution in [2.24, 2.45) is 0 Å². The fourth-order valence-electron chi connectivity index (χ4n) is 2.15. The molecule has 0 amide bonds. The number of imidazole rings is 1. The van der Waals surface area contributed by atoms with E-state index in [1.165, 1.54) is 0 Å². The highest BCUT2D eigenvalue weighted by atomic mass is 35.5. The Hall–Kier alpha value is -1.81. The second-order valence-electron chi connectivity index (χ2n) is 5.39. The van der Waals surface area contributed by atoms with Gasteiger partial charge in [-0.05, 0) is 56.6 Å². The Kier molecular flexibility index (Phi) is 2.64. The van der Waals surface area contributed by atoms with Crippen LogP contribution in [0.5, 0.6) is 0 Å². The summed E-state index contributed by atoms with van der Waals surface area (Å²) in [5, 5.41) is 0.357. The molecule has 98 valence electrons. The number of fused-ring (bicyclic) bond motifs is 1. The summed E-state index contributed by atoms with van der Waals surface area (Å²) in [6.07, 6.45) is 1.77. The zero-order valence-electron chi connectivity index (χ0n) is 11.0. The van der Waals surface area contributed by atoms with Gasteiger partial charge in [-0.15, -0.1) is 0 Å². The maximum atomic E-state index is 5.86. The van der Waals surface area contributed by atoms with Crippen LogP contribution < -0.4 is 0 Å². The Bertz CT molecular complexity index is 737. The molecule has 0 radical (unpaired) electrons. The Labute approximate surface area is 116 Å². The Morgan fingerprint density at radius 3 is 2.63 bits per heavy atom. The lowest BCUT2D eigenvalue weighted by Gasteiger charge is -2.23. The van der Waals surface area contributed by atoms with Gasteiger partial charge >= 0.3 is 0 Å². The molecule has 0 aliphatic heterocycles. The Balaban J connectivity index is 2.35. The predicted molar refractivity (Wildman–Crippen MR) is 75.2 cm³/mol. The van der Waals surface area contributed by atoms with Gasteiger partial charge in [-0.1, -0.05) is 0 Å². The third-order valence-electron chi connectivity index (χ3n) is 2.88. The van der Waals surface area contributed by atoms with Gasteiger partial charge in [-0.25, -0.2) is 9.97 Å². The number of hydrogen-bond donors (Lipinski definition) is 0. The molecule has 0 aromatic carbocycles. The molecule has 0 unspecified atom stereocenters. The first-order chi connectivity index (χ1) is 8.97. The van der Waals surface area contributed by atoms with Crippen molar-refractivity contribution < 1.29 is 4.42 Å². The summed E-state index contributed by atoms with van der Waals surface area (Å²) in [6, 6.07) is 7.36. The quantitative estimate of drug-likeness (QED) is 0.671. The number of pyridine rings is 1. The molecule has 0 fully saturated rings. The largest absolute Gasteiger partial charge is 0.441 e. The Morgan fingerprint density at radius 1 is 1.21 bits per heavy atom. The van der Waals surface area contributed by atoms with Gasteiger partial charge in [-0.3, -0.25) is 0 Å². The minimum atomic E-state index is -0.155. The van der Waals surface area contributed by atoms with Crippen LogP contribution in [0, 0.1) is 0 Å². The molecule has 19 heavy (non-hydrogen) atoms. The van der Waals surface area contributed by atoms with Crippen LogP contribution in [0.4, 0.5) is 0 Å². The van der Waals surface area contributed by atoms with E-state index < -0.39 is 0 Å². The van der Waals surface area contributed by atoms with Crippen LogP contribution >= 0.6 is 11.6 Å². The first kappa shape index (κ1) is 12.2. The Morgan fingerprint density at radius 2 is 2.00 bits per heavy atom. The van der Waals surface area contributed by atoms with Crippen LogP contribution in [0.1, 0.15) is 20.8 Å². The van der Waals surface area contributed by atoms with Crippen molar-refractivity contribution in [3.63, 3.8) is 0 Å². The molecule has 0 aliphatic carbocycles. The van der Waals surface area contributed by atoms with Crippen molar-refractivity contribution in [3.05, 3.63) is 35.7 Å². The third kappa shape index (κ3) is 2.02. The number of furan rings is 1. The molecular formula is C14H14ClN3O. The number of aromatic nitrogens is 3. The summed E-state index contributed by atoms with van der Waals surface area (Å²) in [7, 11) is 0. The lowest BCUT2D eigenvalue weighted by atomic mass is 10.1. The normalized spacial score (nSPS) is 12.2. The van der Waals surface area contributed by atoms with Gasteiger partial charge in [0.1, 0.15) is 5.52 Å². The molecule has 0 spiro atoms. The molecule has 4 nitrogen and oxygen atoms in total. The topological polar surface area (TPSA) is 43.9 Å². The fraction of sp³-hybridized carbons (Fsp3) is 0.286. The minimum Gasteiger partial charge on any atom is -0.441 e. The zero-order valence-corrected chi connectivity index (χ0v) is 11.8. The number of rotatable bonds is 1. The van der Waals surface area contributed by atoms with Gasteiger partial charge in [0.25, 0.3) is 0 Å². The van der Waals surface area contributed by atoms with Crippen LogP contribution in [0.3, 0.4) is 0 Å². The van der Waals surface area contributed by atoms with E-state index in [0.717, 1.165) is 17.0 Å². The summed E-state index contributed by atoms with van der Waals surface area (Å²) in [6.45, 7) is 6.32. The summed E-state index contributed by atoms with van der Waals surface area (Å²) in [5.41, 5.74) is 1.54. The molecule has 3 heterocycles. The lowest BCUT2D eigenvalue weighted by Crippen LogP contribution is -2.22. The summed E-state index contributed by atoms with van der Waals surface area (Å²) >= 11 is 5.86. The molecule has 3 rings (SSSR count). The zero-order chi connectivity index (χ0) is 13.6. The molecule has 0 atom stereocenters.